The minimum atomic E-state index is 0.616. The fourth-order valence-corrected chi connectivity index (χ4v) is 0.289. The van der Waals surface area contributed by atoms with Gasteiger partial charge in [-0.05, 0) is 13.2 Å². The van der Waals surface area contributed by atoms with Crippen molar-refractivity contribution in [3.05, 3.63) is 12.7 Å². The van der Waals surface area contributed by atoms with Crippen LogP contribution in [0.25, 0.3) is 0 Å². The molecule has 6 heavy (non-hydrogen) atoms. The molecule has 0 saturated heterocycles. The molecule has 0 bridgehead atoms. The van der Waals surface area contributed by atoms with Crippen molar-refractivity contribution in [3.63, 3.8) is 0 Å². The molecule has 0 radical (unpaired) electrons. The third-order valence-corrected chi connectivity index (χ3v) is 1.64. The van der Waals surface area contributed by atoms with Crippen LogP contribution in [-0.4, -0.2) is 11.5 Å². The van der Waals surface area contributed by atoms with E-state index in [1.54, 1.807) is 11.8 Å². The fourth-order valence-electron chi connectivity index (χ4n) is 0.0962. The van der Waals surface area contributed by atoms with Crippen LogP contribution in [0.1, 0.15) is 6.92 Å². The second kappa shape index (κ2) is 3.29. The van der Waals surface area contributed by atoms with E-state index >= 15 is 0 Å². The van der Waals surface area contributed by atoms with E-state index in [4.69, 9.17) is 0 Å². The van der Waals surface area contributed by atoms with Gasteiger partial charge in [-0.25, -0.2) is 0 Å². The summed E-state index contributed by atoms with van der Waals surface area (Å²) in [6.07, 6.45) is 4.01. The summed E-state index contributed by atoms with van der Waals surface area (Å²) in [7, 11) is 0. The normalized spacial score (nSPS) is 13.7. The standard InChI is InChI=1S/C5H10S/c1-4-5(2)6-3/h4-5H,1H2,2-3H3/t5-/m1/s1. The highest BCUT2D eigenvalue weighted by Crippen LogP contribution is 2.03. The van der Waals surface area contributed by atoms with Gasteiger partial charge in [0, 0.05) is 5.25 Å². The number of hydrogen-bond donors (Lipinski definition) is 0. The maximum absolute atomic E-state index is 3.61. The maximum atomic E-state index is 3.61. The van der Waals surface area contributed by atoms with E-state index in [2.05, 4.69) is 19.8 Å². The molecule has 0 aromatic heterocycles. The molecule has 0 heterocycles. The molecule has 0 unspecified atom stereocenters. The Balaban J connectivity index is 2.96. The predicted molar refractivity (Wildman–Crippen MR) is 33.2 cm³/mol. The van der Waals surface area contributed by atoms with Crippen LogP contribution in [0, 0.1) is 0 Å². The van der Waals surface area contributed by atoms with Crippen molar-refractivity contribution >= 4 is 11.8 Å². The van der Waals surface area contributed by atoms with Gasteiger partial charge in [0.1, 0.15) is 0 Å². The van der Waals surface area contributed by atoms with Gasteiger partial charge < -0.3 is 0 Å². The lowest BCUT2D eigenvalue weighted by atomic mass is 10.5. The average Bonchev–Trinajstić information content (AvgIpc) is 1.65. The third-order valence-electron chi connectivity index (χ3n) is 0.704. The molecule has 0 spiro atoms. The van der Waals surface area contributed by atoms with Crippen molar-refractivity contribution in [1.82, 2.24) is 0 Å². The molecule has 0 amide bonds. The lowest BCUT2D eigenvalue weighted by Gasteiger charge is -1.94. The van der Waals surface area contributed by atoms with Crippen LogP contribution in [0.5, 0.6) is 0 Å². The van der Waals surface area contributed by atoms with Gasteiger partial charge in [0.25, 0.3) is 0 Å². The van der Waals surface area contributed by atoms with Crippen molar-refractivity contribution in [2.45, 2.75) is 12.2 Å². The highest BCUT2D eigenvalue weighted by atomic mass is 32.2. The van der Waals surface area contributed by atoms with E-state index in [1.165, 1.54) is 0 Å². The van der Waals surface area contributed by atoms with E-state index < -0.39 is 0 Å². The summed E-state index contributed by atoms with van der Waals surface area (Å²) in [5.74, 6) is 0. The zero-order valence-corrected chi connectivity index (χ0v) is 5.09. The Kier molecular flexibility index (Phi) is 3.34. The Morgan fingerprint density at radius 1 is 1.83 bits per heavy atom. The van der Waals surface area contributed by atoms with Gasteiger partial charge in [-0.1, -0.05) is 6.08 Å². The Hall–Kier alpha value is 0.0900. The van der Waals surface area contributed by atoms with Crippen molar-refractivity contribution in [3.8, 4) is 0 Å². The quantitative estimate of drug-likeness (QED) is 0.480. The Morgan fingerprint density at radius 3 is 2.33 bits per heavy atom. The summed E-state index contributed by atoms with van der Waals surface area (Å²) in [5, 5.41) is 0.616. The van der Waals surface area contributed by atoms with E-state index in [0.717, 1.165) is 0 Å². The van der Waals surface area contributed by atoms with Crippen molar-refractivity contribution < 1.29 is 0 Å². The molecule has 0 aliphatic rings. The third kappa shape index (κ3) is 2.33. The number of hydrogen-bond acceptors (Lipinski definition) is 1. The van der Waals surface area contributed by atoms with Crippen molar-refractivity contribution in [1.29, 1.82) is 0 Å². The first-order valence-corrected chi connectivity index (χ1v) is 3.25. The number of rotatable bonds is 2. The molecule has 0 rings (SSSR count). The highest BCUT2D eigenvalue weighted by molar-refractivity contribution is 7.99. The van der Waals surface area contributed by atoms with Crippen LogP contribution < -0.4 is 0 Å². The largest absolute Gasteiger partial charge is 0.158 e. The summed E-state index contributed by atoms with van der Waals surface area (Å²) in [5.41, 5.74) is 0. The second-order valence-electron chi connectivity index (χ2n) is 1.18. The van der Waals surface area contributed by atoms with E-state index in [-0.39, 0.29) is 0 Å². The summed E-state index contributed by atoms with van der Waals surface area (Å²) in [4.78, 5) is 0. The molecule has 1 heteroatoms. The summed E-state index contributed by atoms with van der Waals surface area (Å²) in [6.45, 7) is 5.73. The van der Waals surface area contributed by atoms with Gasteiger partial charge in [0.05, 0.1) is 0 Å². The molecule has 36 valence electrons. The van der Waals surface area contributed by atoms with Crippen LogP contribution in [0.2, 0.25) is 0 Å². The molecule has 0 aromatic carbocycles. The Bertz CT molecular complexity index is 41.2. The maximum Gasteiger partial charge on any atom is 0.0193 e. The Labute approximate surface area is 43.6 Å². The lowest BCUT2D eigenvalue weighted by molar-refractivity contribution is 1.26. The zero-order valence-electron chi connectivity index (χ0n) is 4.27. The number of thioether (sulfide) groups is 1. The highest BCUT2D eigenvalue weighted by Gasteiger charge is 1.84. The molecular formula is C5H10S. The van der Waals surface area contributed by atoms with E-state index in [9.17, 15) is 0 Å². The minimum Gasteiger partial charge on any atom is -0.158 e. The molecule has 1 atom stereocenters. The molecule has 0 aliphatic heterocycles. The molecule has 0 fully saturated rings. The van der Waals surface area contributed by atoms with Gasteiger partial charge >= 0.3 is 0 Å². The summed E-state index contributed by atoms with van der Waals surface area (Å²) >= 11 is 1.81. The van der Waals surface area contributed by atoms with Crippen molar-refractivity contribution in [2.75, 3.05) is 6.26 Å². The fraction of sp³-hybridized carbons (Fsp3) is 0.600. The van der Waals surface area contributed by atoms with Gasteiger partial charge in [0.2, 0.25) is 0 Å². The first kappa shape index (κ1) is 6.09. The second-order valence-corrected chi connectivity index (χ2v) is 2.39. The van der Waals surface area contributed by atoms with Crippen LogP contribution in [0.3, 0.4) is 0 Å². The molecule has 0 nitrogen and oxygen atoms in total. The Morgan fingerprint density at radius 2 is 2.33 bits per heavy atom. The van der Waals surface area contributed by atoms with Gasteiger partial charge in [-0.2, -0.15) is 11.8 Å². The molecule has 0 saturated carbocycles. The predicted octanol–water partition coefficient (Wildman–Crippen LogP) is 1.92. The summed E-state index contributed by atoms with van der Waals surface area (Å²) in [6, 6.07) is 0. The molecule has 0 aliphatic carbocycles. The SMILES string of the molecule is C=C[C@@H](C)SC. The van der Waals surface area contributed by atoms with Crippen LogP contribution in [-0.2, 0) is 0 Å². The topological polar surface area (TPSA) is 0 Å². The molecule has 0 N–H and O–H groups in total. The van der Waals surface area contributed by atoms with E-state index in [0.29, 0.717) is 5.25 Å². The van der Waals surface area contributed by atoms with Gasteiger partial charge in [0.15, 0.2) is 0 Å². The zero-order chi connectivity index (χ0) is 4.99. The minimum absolute atomic E-state index is 0.616. The van der Waals surface area contributed by atoms with Crippen LogP contribution >= 0.6 is 11.8 Å². The first-order chi connectivity index (χ1) is 2.81. The smallest absolute Gasteiger partial charge is 0.0193 e. The van der Waals surface area contributed by atoms with Gasteiger partial charge in [-0.3, -0.25) is 0 Å². The average molecular weight is 102 g/mol. The van der Waals surface area contributed by atoms with Crippen molar-refractivity contribution in [2.24, 2.45) is 0 Å². The van der Waals surface area contributed by atoms with E-state index in [1.807, 2.05) is 6.08 Å². The molecular weight excluding hydrogens is 92.1 g/mol. The molecule has 0 aromatic rings. The van der Waals surface area contributed by atoms with Crippen LogP contribution in [0.15, 0.2) is 12.7 Å². The van der Waals surface area contributed by atoms with Gasteiger partial charge in [-0.15, -0.1) is 6.58 Å². The lowest BCUT2D eigenvalue weighted by Crippen LogP contribution is -1.83. The van der Waals surface area contributed by atoms with Crippen LogP contribution in [0.4, 0.5) is 0 Å². The summed E-state index contributed by atoms with van der Waals surface area (Å²) < 4.78 is 0. The first-order valence-electron chi connectivity index (χ1n) is 1.96. The monoisotopic (exact) mass is 102 g/mol.